The lowest BCUT2D eigenvalue weighted by Gasteiger charge is -2.05. The Morgan fingerprint density at radius 3 is 2.70 bits per heavy atom. The summed E-state index contributed by atoms with van der Waals surface area (Å²) < 4.78 is 6.86. The van der Waals surface area contributed by atoms with Crippen LogP contribution in [-0.4, -0.2) is 33.4 Å². The smallest absolute Gasteiger partial charge is 0.343 e. The fourth-order valence-corrected chi connectivity index (χ4v) is 2.66. The van der Waals surface area contributed by atoms with Crippen molar-refractivity contribution in [2.24, 2.45) is 4.99 Å². The summed E-state index contributed by atoms with van der Waals surface area (Å²) >= 11 is 5.94. The summed E-state index contributed by atoms with van der Waals surface area (Å²) in [4.78, 5) is 20.5. The summed E-state index contributed by atoms with van der Waals surface area (Å²) in [5.41, 5.74) is 3.23. The van der Waals surface area contributed by atoms with E-state index in [4.69, 9.17) is 16.3 Å². The molecule has 1 heterocycles. The van der Waals surface area contributed by atoms with Gasteiger partial charge in [-0.1, -0.05) is 11.6 Å². The quantitative estimate of drug-likeness (QED) is 0.298. The molecule has 0 aliphatic rings. The van der Waals surface area contributed by atoms with Gasteiger partial charge in [-0.3, -0.25) is 9.56 Å². The summed E-state index contributed by atoms with van der Waals surface area (Å²) in [6.45, 7) is 3.33. The second kappa shape index (κ2) is 8.05. The standard InChI is InChI=1S/C20H18ClN3O3/c1-3-27-20(26)17(13(2)25)11-22-15-6-9-19-18(10-15)23-12-24(19)16-7-4-14(21)5-8-16/h4-12,25H,3H2,1-2H3. The number of nitrogens with zero attached hydrogens (tertiary/aromatic N) is 3. The van der Waals surface area contributed by atoms with Crippen molar-refractivity contribution in [3.63, 3.8) is 0 Å². The number of hydrogen-bond acceptors (Lipinski definition) is 5. The van der Waals surface area contributed by atoms with Crippen LogP contribution in [0.25, 0.3) is 16.7 Å². The van der Waals surface area contributed by atoms with Gasteiger partial charge in [-0.2, -0.15) is 0 Å². The number of allylic oxidation sites excluding steroid dienone is 1. The number of hydrogen-bond donors (Lipinski definition) is 1. The predicted octanol–water partition coefficient (Wildman–Crippen LogP) is 4.78. The van der Waals surface area contributed by atoms with Gasteiger partial charge in [0.15, 0.2) is 0 Å². The molecule has 1 N–H and O–H groups in total. The van der Waals surface area contributed by atoms with Crippen LogP contribution < -0.4 is 0 Å². The molecule has 0 bridgehead atoms. The molecule has 0 radical (unpaired) electrons. The molecule has 7 heteroatoms. The number of carbonyl (C=O) groups excluding carboxylic acids is 1. The number of halogens is 1. The minimum absolute atomic E-state index is 0.0173. The lowest BCUT2D eigenvalue weighted by atomic mass is 10.2. The molecule has 27 heavy (non-hydrogen) atoms. The molecule has 0 unspecified atom stereocenters. The van der Waals surface area contributed by atoms with E-state index in [1.54, 1.807) is 19.3 Å². The van der Waals surface area contributed by atoms with E-state index in [0.29, 0.717) is 10.7 Å². The number of carbonyl (C=O) groups is 1. The van der Waals surface area contributed by atoms with Crippen LogP contribution in [0, 0.1) is 0 Å². The number of aliphatic imine (C=N–C) groups is 1. The predicted molar refractivity (Wildman–Crippen MR) is 106 cm³/mol. The van der Waals surface area contributed by atoms with Gasteiger partial charge in [0.05, 0.1) is 23.3 Å². The third-order valence-corrected chi connectivity index (χ3v) is 4.12. The number of aromatic nitrogens is 2. The first-order valence-electron chi connectivity index (χ1n) is 8.33. The first-order chi connectivity index (χ1) is 13.0. The molecule has 0 aliphatic carbocycles. The van der Waals surface area contributed by atoms with Gasteiger partial charge in [0, 0.05) is 16.9 Å². The van der Waals surface area contributed by atoms with Gasteiger partial charge >= 0.3 is 5.97 Å². The Bertz CT molecular complexity index is 1030. The number of ether oxygens (including phenoxy) is 1. The monoisotopic (exact) mass is 383 g/mol. The van der Waals surface area contributed by atoms with Gasteiger partial charge in [0.25, 0.3) is 0 Å². The molecule has 1 aromatic heterocycles. The molecule has 138 valence electrons. The lowest BCUT2D eigenvalue weighted by molar-refractivity contribution is -0.138. The van der Waals surface area contributed by atoms with Gasteiger partial charge < -0.3 is 9.84 Å². The zero-order valence-corrected chi connectivity index (χ0v) is 15.6. The summed E-state index contributed by atoms with van der Waals surface area (Å²) in [6, 6.07) is 13.0. The summed E-state index contributed by atoms with van der Waals surface area (Å²) in [5.74, 6) is -0.764. The molecule has 0 atom stereocenters. The first kappa shape index (κ1) is 18.7. The Morgan fingerprint density at radius 2 is 2.04 bits per heavy atom. The SMILES string of the molecule is CCOC(=O)C(C=Nc1ccc2c(c1)ncn2-c1ccc(Cl)cc1)=C(C)O. The highest BCUT2D eigenvalue weighted by atomic mass is 35.5. The van der Waals surface area contributed by atoms with Gasteiger partial charge in [-0.15, -0.1) is 0 Å². The Morgan fingerprint density at radius 1 is 1.30 bits per heavy atom. The normalized spacial score (nSPS) is 12.4. The van der Waals surface area contributed by atoms with Gasteiger partial charge in [-0.05, 0) is 56.3 Å². The first-order valence-corrected chi connectivity index (χ1v) is 8.71. The van der Waals surface area contributed by atoms with E-state index in [2.05, 4.69) is 9.98 Å². The number of esters is 1. The minimum atomic E-state index is -0.616. The molecule has 0 aliphatic heterocycles. The summed E-state index contributed by atoms with van der Waals surface area (Å²) in [5, 5.41) is 10.3. The highest BCUT2D eigenvalue weighted by Gasteiger charge is 2.12. The molecule has 0 spiro atoms. The summed E-state index contributed by atoms with van der Waals surface area (Å²) in [7, 11) is 0. The van der Waals surface area contributed by atoms with Crippen LogP contribution in [0.2, 0.25) is 5.02 Å². The third kappa shape index (κ3) is 4.17. The fourth-order valence-electron chi connectivity index (χ4n) is 2.53. The van der Waals surface area contributed by atoms with Crippen molar-refractivity contribution in [2.75, 3.05) is 6.61 Å². The zero-order chi connectivity index (χ0) is 19.4. The number of imidazole rings is 1. The molecule has 6 nitrogen and oxygen atoms in total. The van der Waals surface area contributed by atoms with Gasteiger partial charge in [0.1, 0.15) is 17.7 Å². The molecule has 3 aromatic rings. The lowest BCUT2D eigenvalue weighted by Crippen LogP contribution is -2.10. The van der Waals surface area contributed by atoms with Crippen LogP contribution in [0.5, 0.6) is 0 Å². The maximum absolute atomic E-state index is 11.8. The van der Waals surface area contributed by atoms with Crippen molar-refractivity contribution in [1.82, 2.24) is 9.55 Å². The van der Waals surface area contributed by atoms with Crippen molar-refractivity contribution in [1.29, 1.82) is 0 Å². The molecule has 2 aromatic carbocycles. The zero-order valence-electron chi connectivity index (χ0n) is 14.9. The second-order valence-corrected chi connectivity index (χ2v) is 6.18. The molecule has 0 saturated heterocycles. The molecular formula is C20H18ClN3O3. The van der Waals surface area contributed by atoms with Crippen LogP contribution in [-0.2, 0) is 9.53 Å². The average Bonchev–Trinajstić information content (AvgIpc) is 3.06. The maximum atomic E-state index is 11.8. The van der Waals surface area contributed by atoms with Crippen LogP contribution >= 0.6 is 11.6 Å². The van der Waals surface area contributed by atoms with Crippen molar-refractivity contribution in [3.8, 4) is 5.69 Å². The third-order valence-electron chi connectivity index (χ3n) is 3.86. The van der Waals surface area contributed by atoms with E-state index in [9.17, 15) is 9.90 Å². The number of benzene rings is 2. The van der Waals surface area contributed by atoms with E-state index >= 15 is 0 Å². The minimum Gasteiger partial charge on any atom is -0.512 e. The number of aliphatic hydroxyl groups is 1. The van der Waals surface area contributed by atoms with Crippen LogP contribution in [0.15, 0.2) is 65.1 Å². The number of rotatable bonds is 5. The van der Waals surface area contributed by atoms with Crippen LogP contribution in [0.3, 0.4) is 0 Å². The largest absolute Gasteiger partial charge is 0.512 e. The van der Waals surface area contributed by atoms with E-state index < -0.39 is 5.97 Å². The van der Waals surface area contributed by atoms with Gasteiger partial charge in [0.2, 0.25) is 0 Å². The Kier molecular flexibility index (Phi) is 5.57. The number of fused-ring (bicyclic) bond motifs is 1. The molecular weight excluding hydrogens is 366 g/mol. The molecule has 3 rings (SSSR count). The van der Waals surface area contributed by atoms with E-state index in [1.165, 1.54) is 13.1 Å². The maximum Gasteiger partial charge on any atom is 0.343 e. The van der Waals surface area contributed by atoms with E-state index in [-0.39, 0.29) is 17.9 Å². The Labute approximate surface area is 161 Å². The summed E-state index contributed by atoms with van der Waals surface area (Å²) in [6.07, 6.45) is 3.02. The molecule has 0 saturated carbocycles. The fraction of sp³-hybridized carbons (Fsp3) is 0.150. The van der Waals surface area contributed by atoms with Gasteiger partial charge in [-0.25, -0.2) is 9.78 Å². The van der Waals surface area contributed by atoms with Crippen molar-refractivity contribution in [2.45, 2.75) is 13.8 Å². The van der Waals surface area contributed by atoms with Crippen molar-refractivity contribution >= 4 is 40.5 Å². The van der Waals surface area contributed by atoms with Crippen LogP contribution in [0.4, 0.5) is 5.69 Å². The van der Waals surface area contributed by atoms with E-state index in [0.717, 1.165) is 16.7 Å². The van der Waals surface area contributed by atoms with E-state index in [1.807, 2.05) is 41.0 Å². The highest BCUT2D eigenvalue weighted by Crippen LogP contribution is 2.24. The Balaban J connectivity index is 1.90. The number of aliphatic hydroxyl groups excluding tert-OH is 1. The average molecular weight is 384 g/mol. The molecule has 0 fully saturated rings. The van der Waals surface area contributed by atoms with Crippen molar-refractivity contribution in [3.05, 3.63) is 65.1 Å². The topological polar surface area (TPSA) is 76.7 Å². The van der Waals surface area contributed by atoms with Crippen LogP contribution in [0.1, 0.15) is 13.8 Å². The van der Waals surface area contributed by atoms with Crippen molar-refractivity contribution < 1.29 is 14.6 Å². The molecule has 0 amide bonds. The second-order valence-electron chi connectivity index (χ2n) is 5.74. The highest BCUT2D eigenvalue weighted by molar-refractivity contribution is 6.30. The Hall–Kier alpha value is -3.12.